The van der Waals surface area contributed by atoms with Gasteiger partial charge < -0.3 is 0 Å². The Kier molecular flexibility index (Phi) is 7.90. The fourth-order valence-corrected chi connectivity index (χ4v) is 6.49. The Hall–Kier alpha value is -2.44. The van der Waals surface area contributed by atoms with Crippen LogP contribution < -0.4 is 4.72 Å². The Bertz CT molecular complexity index is 1380. The van der Waals surface area contributed by atoms with Crippen molar-refractivity contribution in [3.63, 3.8) is 0 Å². The van der Waals surface area contributed by atoms with Gasteiger partial charge in [0.2, 0.25) is 20.0 Å². The summed E-state index contributed by atoms with van der Waals surface area (Å²) in [7, 11) is -7.84. The van der Waals surface area contributed by atoms with Crippen LogP contribution in [0.2, 0.25) is 0 Å². The normalized spacial score (nSPS) is 14.4. The molecule has 0 aliphatic carbocycles. The molecule has 2 aromatic rings. The Morgan fingerprint density at radius 2 is 1.76 bits per heavy atom. The summed E-state index contributed by atoms with van der Waals surface area (Å²) in [4.78, 5) is 9.83. The maximum Gasteiger partial charge on any atom is 0.289 e. The summed E-state index contributed by atoms with van der Waals surface area (Å²) in [6, 6.07) is 9.96. The molecule has 0 saturated carbocycles. The number of nitriles is 1. The fourth-order valence-electron chi connectivity index (χ4n) is 3.26. The number of likely N-dealkylation sites (N-methyl/N-ethyl adjacent to an activating group) is 1. The molecule has 2 rings (SSSR count). The van der Waals surface area contributed by atoms with E-state index in [-0.39, 0.29) is 5.56 Å². The van der Waals surface area contributed by atoms with Crippen LogP contribution in [0.5, 0.6) is 0 Å². The van der Waals surface area contributed by atoms with Crippen LogP contribution in [0.25, 0.3) is 0 Å². The molecule has 0 amide bonds. The molecule has 0 heterocycles. The van der Waals surface area contributed by atoms with Crippen molar-refractivity contribution in [2.24, 2.45) is 0 Å². The van der Waals surface area contributed by atoms with E-state index in [1.165, 1.54) is 45.0 Å². The number of nitro benzene ring substituents is 1. The molecular formula is C20H22BrFN4O6S2. The van der Waals surface area contributed by atoms with Crippen LogP contribution in [0.1, 0.15) is 26.3 Å². The highest BCUT2D eigenvalue weighted by Gasteiger charge is 2.44. The molecule has 14 heteroatoms. The lowest BCUT2D eigenvalue weighted by Crippen LogP contribution is -2.54. The predicted octanol–water partition coefficient (Wildman–Crippen LogP) is 3.25. The van der Waals surface area contributed by atoms with Crippen LogP contribution in [-0.4, -0.2) is 44.4 Å². The largest absolute Gasteiger partial charge is 0.289 e. The Morgan fingerprint density at radius 1 is 1.18 bits per heavy atom. The van der Waals surface area contributed by atoms with E-state index >= 15 is 0 Å². The van der Waals surface area contributed by atoms with Crippen molar-refractivity contribution < 1.29 is 26.1 Å². The number of hydrogen-bond donors (Lipinski definition) is 1. The van der Waals surface area contributed by atoms with Crippen molar-refractivity contribution in [3.8, 4) is 6.07 Å². The van der Waals surface area contributed by atoms with E-state index in [0.717, 1.165) is 29.6 Å². The van der Waals surface area contributed by atoms with E-state index in [2.05, 4.69) is 20.7 Å². The fraction of sp³-hybridized carbons (Fsp3) is 0.350. The summed E-state index contributed by atoms with van der Waals surface area (Å²) >= 11 is 3.18. The van der Waals surface area contributed by atoms with Gasteiger partial charge in [0.05, 0.1) is 16.5 Å². The highest BCUT2D eigenvalue weighted by atomic mass is 79.9. The molecule has 0 saturated heterocycles. The number of para-hydroxylation sites is 1. The highest BCUT2D eigenvalue weighted by Crippen LogP contribution is 2.33. The maximum absolute atomic E-state index is 14.9. The third-order valence-corrected chi connectivity index (χ3v) is 9.56. The average Bonchev–Trinajstić information content (AvgIpc) is 2.74. The number of benzene rings is 2. The molecule has 34 heavy (non-hydrogen) atoms. The minimum Gasteiger partial charge on any atom is -0.258 e. The molecule has 0 aromatic heterocycles. The molecule has 0 spiro atoms. The molecule has 2 aromatic carbocycles. The van der Waals surface area contributed by atoms with Gasteiger partial charge in [-0.05, 0) is 45.0 Å². The Morgan fingerprint density at radius 3 is 2.32 bits per heavy atom. The minimum atomic E-state index is -4.66. The standard InChI is InChI=1S/C20H22BrFN4O6S2/c1-19(2,12-23)34(31,32)25(4)13-20(3,15-11-14(21)9-10-16(15)22)24-33(29,30)18-8-6-5-7-17(18)26(27)28/h5-11,24H,13H2,1-4H3. The molecule has 0 bridgehead atoms. The number of nitrogens with zero attached hydrogens (tertiary/aromatic N) is 3. The van der Waals surface area contributed by atoms with Crippen molar-refractivity contribution in [1.29, 1.82) is 5.26 Å². The molecule has 0 aliphatic rings. The summed E-state index contributed by atoms with van der Waals surface area (Å²) in [6.07, 6.45) is 0. The van der Waals surface area contributed by atoms with Gasteiger partial charge in [0.25, 0.3) is 5.69 Å². The number of nitro groups is 1. The van der Waals surface area contributed by atoms with E-state index < -0.39 is 58.2 Å². The van der Waals surface area contributed by atoms with Gasteiger partial charge in [-0.1, -0.05) is 28.1 Å². The second-order valence-electron chi connectivity index (χ2n) is 8.17. The van der Waals surface area contributed by atoms with Crippen molar-refractivity contribution in [1.82, 2.24) is 9.03 Å². The molecular weight excluding hydrogens is 555 g/mol. The van der Waals surface area contributed by atoms with Gasteiger partial charge >= 0.3 is 0 Å². The van der Waals surface area contributed by atoms with Gasteiger partial charge in [-0.3, -0.25) is 10.1 Å². The lowest BCUT2D eigenvalue weighted by Gasteiger charge is -2.36. The van der Waals surface area contributed by atoms with Gasteiger partial charge in [-0.2, -0.15) is 9.98 Å². The zero-order valence-corrected chi connectivity index (χ0v) is 21.8. The van der Waals surface area contributed by atoms with Gasteiger partial charge in [-0.15, -0.1) is 0 Å². The van der Waals surface area contributed by atoms with Gasteiger partial charge in [0.1, 0.15) is 5.82 Å². The van der Waals surface area contributed by atoms with E-state index in [1.807, 2.05) is 0 Å². The van der Waals surface area contributed by atoms with E-state index in [9.17, 15) is 36.6 Å². The lowest BCUT2D eigenvalue weighted by atomic mass is 9.92. The number of halogens is 2. The van der Waals surface area contributed by atoms with Gasteiger partial charge in [0.15, 0.2) is 9.64 Å². The first kappa shape index (κ1) is 27.8. The van der Waals surface area contributed by atoms with Crippen LogP contribution >= 0.6 is 15.9 Å². The molecule has 1 N–H and O–H groups in total. The van der Waals surface area contributed by atoms with Crippen molar-refractivity contribution in [2.45, 2.75) is 36.0 Å². The van der Waals surface area contributed by atoms with Crippen LogP contribution in [0.15, 0.2) is 51.8 Å². The minimum absolute atomic E-state index is 0.221. The summed E-state index contributed by atoms with van der Waals surface area (Å²) in [5, 5.41) is 20.7. The molecule has 10 nitrogen and oxygen atoms in total. The molecule has 0 radical (unpaired) electrons. The molecule has 0 aliphatic heterocycles. The zero-order valence-electron chi connectivity index (χ0n) is 18.6. The quantitative estimate of drug-likeness (QED) is 0.355. The molecule has 184 valence electrons. The summed E-state index contributed by atoms with van der Waals surface area (Å²) < 4.78 is 68.9. The zero-order chi connectivity index (χ0) is 26.1. The van der Waals surface area contributed by atoms with Gasteiger partial charge in [0, 0.05) is 29.7 Å². The number of nitrogens with one attached hydrogen (secondary N) is 1. The summed E-state index contributed by atoms with van der Waals surface area (Å²) in [5.41, 5.74) is -2.87. The summed E-state index contributed by atoms with van der Waals surface area (Å²) in [6.45, 7) is 2.96. The first-order chi connectivity index (χ1) is 15.5. The molecule has 1 unspecified atom stereocenters. The highest BCUT2D eigenvalue weighted by molar-refractivity contribution is 9.10. The molecule has 0 fully saturated rings. The monoisotopic (exact) mass is 576 g/mol. The van der Waals surface area contributed by atoms with Crippen molar-refractivity contribution in [3.05, 3.63) is 68.4 Å². The van der Waals surface area contributed by atoms with E-state index in [1.54, 1.807) is 6.07 Å². The predicted molar refractivity (Wildman–Crippen MR) is 126 cm³/mol. The smallest absolute Gasteiger partial charge is 0.258 e. The van der Waals surface area contributed by atoms with Crippen LogP contribution in [0.3, 0.4) is 0 Å². The van der Waals surface area contributed by atoms with Crippen LogP contribution in [-0.2, 0) is 25.6 Å². The SMILES string of the molecule is CN(CC(C)(NS(=O)(=O)c1ccccc1[N+](=O)[O-])c1cc(Br)ccc1F)S(=O)(=O)C(C)(C)C#N. The number of sulfonamides is 2. The van der Waals surface area contributed by atoms with E-state index in [4.69, 9.17) is 0 Å². The first-order valence-electron chi connectivity index (χ1n) is 9.58. The van der Waals surface area contributed by atoms with Crippen LogP contribution in [0, 0.1) is 27.3 Å². The second-order valence-corrected chi connectivity index (χ2v) is 13.3. The topological polar surface area (TPSA) is 150 Å². The second kappa shape index (κ2) is 9.67. The van der Waals surface area contributed by atoms with Crippen LogP contribution in [0.4, 0.5) is 10.1 Å². The molecule has 1 atom stereocenters. The third-order valence-electron chi connectivity index (χ3n) is 5.10. The van der Waals surface area contributed by atoms with Gasteiger partial charge in [-0.25, -0.2) is 25.5 Å². The van der Waals surface area contributed by atoms with Crippen molar-refractivity contribution in [2.75, 3.05) is 13.6 Å². The van der Waals surface area contributed by atoms with Crippen molar-refractivity contribution >= 4 is 41.7 Å². The average molecular weight is 577 g/mol. The number of hydrogen-bond acceptors (Lipinski definition) is 7. The summed E-state index contributed by atoms with van der Waals surface area (Å²) in [5.74, 6) is -0.846. The lowest BCUT2D eigenvalue weighted by molar-refractivity contribution is -0.387. The number of rotatable bonds is 9. The Labute approximate surface area is 205 Å². The van der Waals surface area contributed by atoms with E-state index in [0.29, 0.717) is 4.47 Å². The first-order valence-corrected chi connectivity index (χ1v) is 13.3. The third kappa shape index (κ3) is 5.44. The maximum atomic E-state index is 14.9. The Balaban J connectivity index is 2.70.